The molecule has 0 heterocycles. The molecule has 7 nitrogen and oxygen atoms in total. The van der Waals surface area contributed by atoms with Crippen molar-refractivity contribution in [3.8, 4) is 0 Å². The third-order valence-corrected chi connectivity index (χ3v) is 1.68. The Kier molecular flexibility index (Phi) is 5.50. The van der Waals surface area contributed by atoms with Crippen LogP contribution in [0.25, 0.3) is 0 Å². The van der Waals surface area contributed by atoms with Gasteiger partial charge in [-0.15, -0.1) is 0 Å². The third kappa shape index (κ3) is 5.08. The van der Waals surface area contributed by atoms with Crippen LogP contribution < -0.4 is 5.32 Å². The third-order valence-electron chi connectivity index (χ3n) is 1.68. The van der Waals surface area contributed by atoms with Gasteiger partial charge in [0.15, 0.2) is 0 Å². The summed E-state index contributed by atoms with van der Waals surface area (Å²) in [5.74, 6) is -3.32. The molecule has 0 aliphatic heterocycles. The molecule has 0 spiro atoms. The Morgan fingerprint density at radius 2 is 1.87 bits per heavy atom. The van der Waals surface area contributed by atoms with Crippen molar-refractivity contribution in [1.29, 1.82) is 0 Å². The minimum Gasteiger partial charge on any atom is -0.475 e. The molecule has 0 unspecified atom stereocenters. The summed E-state index contributed by atoms with van der Waals surface area (Å²) in [4.78, 5) is 31.5. The maximum Gasteiger partial charge on any atom is 0.372 e. The van der Waals surface area contributed by atoms with Gasteiger partial charge in [0.25, 0.3) is 0 Å². The zero-order chi connectivity index (χ0) is 12.0. The number of rotatable bonds is 6. The van der Waals surface area contributed by atoms with Crippen LogP contribution in [0, 0.1) is 0 Å². The second kappa shape index (κ2) is 6.10. The van der Waals surface area contributed by atoms with E-state index >= 15 is 0 Å². The maximum absolute atomic E-state index is 10.7. The van der Waals surface area contributed by atoms with E-state index < -0.39 is 42.8 Å². The van der Waals surface area contributed by atoms with Crippen LogP contribution >= 0.6 is 0 Å². The lowest BCUT2D eigenvalue weighted by Crippen LogP contribution is -2.46. The standard InChI is InChI=1S/C8H13NO6/c1-4(11)9-5(3-10)6(12)2-7(13)8(14)15/h5-6,10,12H,2-3H2,1H3,(H,9,11)(H,14,15)/t5-,6-/m0/s1. The monoisotopic (exact) mass is 219 g/mol. The minimum atomic E-state index is -1.66. The summed E-state index contributed by atoms with van der Waals surface area (Å²) in [5.41, 5.74) is 0. The zero-order valence-corrected chi connectivity index (χ0v) is 8.14. The van der Waals surface area contributed by atoms with E-state index in [0.29, 0.717) is 0 Å². The Labute approximate surface area is 85.7 Å². The first-order valence-electron chi connectivity index (χ1n) is 4.20. The molecule has 1 amide bonds. The average Bonchev–Trinajstić information content (AvgIpc) is 2.13. The van der Waals surface area contributed by atoms with Crippen LogP contribution in [0.3, 0.4) is 0 Å². The molecule has 86 valence electrons. The van der Waals surface area contributed by atoms with Crippen molar-refractivity contribution in [2.45, 2.75) is 25.5 Å². The first-order valence-corrected chi connectivity index (χ1v) is 4.20. The Morgan fingerprint density at radius 1 is 1.33 bits per heavy atom. The van der Waals surface area contributed by atoms with Gasteiger partial charge >= 0.3 is 5.97 Å². The van der Waals surface area contributed by atoms with Gasteiger partial charge in [0.05, 0.1) is 18.8 Å². The topological polar surface area (TPSA) is 124 Å². The Bertz CT molecular complexity index is 264. The van der Waals surface area contributed by atoms with Gasteiger partial charge in [0.1, 0.15) is 0 Å². The van der Waals surface area contributed by atoms with Crippen molar-refractivity contribution >= 4 is 17.7 Å². The Balaban J connectivity index is 4.26. The molecule has 0 bridgehead atoms. The van der Waals surface area contributed by atoms with E-state index in [1.807, 2.05) is 0 Å². The van der Waals surface area contributed by atoms with Crippen LogP contribution in [0.1, 0.15) is 13.3 Å². The molecular weight excluding hydrogens is 206 g/mol. The van der Waals surface area contributed by atoms with Gasteiger partial charge in [-0.2, -0.15) is 0 Å². The first kappa shape index (κ1) is 13.5. The molecule has 0 saturated heterocycles. The quantitative estimate of drug-likeness (QED) is 0.379. The fourth-order valence-electron chi connectivity index (χ4n) is 0.944. The van der Waals surface area contributed by atoms with Crippen LogP contribution in [0.5, 0.6) is 0 Å². The molecule has 0 aliphatic carbocycles. The van der Waals surface area contributed by atoms with Crippen LogP contribution in [0.2, 0.25) is 0 Å². The van der Waals surface area contributed by atoms with E-state index in [1.165, 1.54) is 6.92 Å². The molecule has 0 aliphatic rings. The van der Waals surface area contributed by atoms with Crippen LogP contribution in [0.15, 0.2) is 0 Å². The predicted octanol–water partition coefficient (Wildman–Crippen LogP) is -2.11. The van der Waals surface area contributed by atoms with E-state index in [9.17, 15) is 19.5 Å². The Morgan fingerprint density at radius 3 is 2.20 bits per heavy atom. The van der Waals surface area contributed by atoms with Gasteiger partial charge in [-0.3, -0.25) is 9.59 Å². The number of aliphatic hydroxyl groups excluding tert-OH is 2. The molecule has 7 heteroatoms. The minimum absolute atomic E-state index is 0.490. The number of aliphatic carboxylic acids is 1. The predicted molar refractivity (Wildman–Crippen MR) is 48.0 cm³/mol. The molecule has 0 fully saturated rings. The van der Waals surface area contributed by atoms with E-state index in [-0.39, 0.29) is 0 Å². The van der Waals surface area contributed by atoms with E-state index in [2.05, 4.69) is 5.32 Å². The second-order valence-electron chi connectivity index (χ2n) is 2.99. The zero-order valence-electron chi connectivity index (χ0n) is 8.14. The highest BCUT2D eigenvalue weighted by atomic mass is 16.4. The molecule has 0 aromatic carbocycles. The van der Waals surface area contributed by atoms with Gasteiger partial charge in [0, 0.05) is 13.3 Å². The van der Waals surface area contributed by atoms with Crippen molar-refractivity contribution in [2.75, 3.05) is 6.61 Å². The summed E-state index contributed by atoms with van der Waals surface area (Å²) < 4.78 is 0. The normalized spacial score (nSPS) is 14.1. The number of hydrogen-bond donors (Lipinski definition) is 4. The SMILES string of the molecule is CC(=O)N[C@@H](CO)[C@@H](O)CC(=O)C(=O)O. The second-order valence-corrected chi connectivity index (χ2v) is 2.99. The fourth-order valence-corrected chi connectivity index (χ4v) is 0.944. The highest BCUT2D eigenvalue weighted by molar-refractivity contribution is 6.32. The summed E-state index contributed by atoms with van der Waals surface area (Å²) in [6.45, 7) is 0.599. The lowest BCUT2D eigenvalue weighted by molar-refractivity contribution is -0.150. The number of Topliss-reactive ketones (excluding diaryl/α,β-unsaturated/α-hetero) is 1. The van der Waals surface area contributed by atoms with Gasteiger partial charge in [-0.1, -0.05) is 0 Å². The smallest absolute Gasteiger partial charge is 0.372 e. The van der Waals surface area contributed by atoms with Crippen LogP contribution in [-0.4, -0.2) is 51.7 Å². The average molecular weight is 219 g/mol. The molecular formula is C8H13NO6. The lowest BCUT2D eigenvalue weighted by atomic mass is 10.1. The van der Waals surface area contributed by atoms with Crippen LogP contribution in [-0.2, 0) is 14.4 Å². The van der Waals surface area contributed by atoms with Crippen molar-refractivity contribution in [3.05, 3.63) is 0 Å². The number of aliphatic hydroxyl groups is 2. The lowest BCUT2D eigenvalue weighted by Gasteiger charge is -2.20. The van der Waals surface area contributed by atoms with Crippen molar-refractivity contribution in [1.82, 2.24) is 5.32 Å². The number of carbonyl (C=O) groups is 3. The summed E-state index contributed by atoms with van der Waals surface area (Å²) in [6.07, 6.45) is -2.07. The van der Waals surface area contributed by atoms with E-state index in [4.69, 9.17) is 10.2 Å². The summed E-state index contributed by atoms with van der Waals surface area (Å²) in [6, 6.07) is -1.04. The van der Waals surface area contributed by atoms with Crippen molar-refractivity contribution in [2.24, 2.45) is 0 Å². The highest BCUT2D eigenvalue weighted by Crippen LogP contribution is 2.00. The molecule has 0 aromatic heterocycles. The van der Waals surface area contributed by atoms with E-state index in [0.717, 1.165) is 0 Å². The molecule has 0 rings (SSSR count). The number of ketones is 1. The molecule has 0 radical (unpaired) electrons. The summed E-state index contributed by atoms with van der Waals surface area (Å²) in [7, 11) is 0. The van der Waals surface area contributed by atoms with Gasteiger partial charge in [-0.25, -0.2) is 4.79 Å². The number of carbonyl (C=O) groups excluding carboxylic acids is 2. The first-order chi connectivity index (χ1) is 6.88. The number of amides is 1. The maximum atomic E-state index is 10.7. The number of nitrogens with one attached hydrogen (secondary N) is 1. The molecule has 15 heavy (non-hydrogen) atoms. The molecule has 2 atom stereocenters. The molecule has 0 aromatic rings. The summed E-state index contributed by atoms with van der Waals surface area (Å²) in [5, 5.41) is 28.5. The van der Waals surface area contributed by atoms with Crippen molar-refractivity contribution in [3.63, 3.8) is 0 Å². The largest absolute Gasteiger partial charge is 0.475 e. The fraction of sp³-hybridized carbons (Fsp3) is 0.625. The number of carboxylic acids is 1. The highest BCUT2D eigenvalue weighted by Gasteiger charge is 2.24. The van der Waals surface area contributed by atoms with Gasteiger partial charge < -0.3 is 20.6 Å². The summed E-state index contributed by atoms with van der Waals surface area (Å²) >= 11 is 0. The van der Waals surface area contributed by atoms with E-state index in [1.54, 1.807) is 0 Å². The number of hydrogen-bond acceptors (Lipinski definition) is 5. The Hall–Kier alpha value is -1.47. The number of carboxylic acid groups (broad SMARTS) is 1. The molecule has 0 saturated carbocycles. The van der Waals surface area contributed by atoms with Crippen molar-refractivity contribution < 1.29 is 29.7 Å². The van der Waals surface area contributed by atoms with Crippen LogP contribution in [0.4, 0.5) is 0 Å². The molecule has 4 N–H and O–H groups in total. The van der Waals surface area contributed by atoms with Gasteiger partial charge in [-0.05, 0) is 0 Å². The van der Waals surface area contributed by atoms with Gasteiger partial charge in [0.2, 0.25) is 11.7 Å².